The first kappa shape index (κ1) is 25.2. The highest BCUT2D eigenvalue weighted by Crippen LogP contribution is 2.39. The Kier molecular flexibility index (Phi) is 8.25. The van der Waals surface area contributed by atoms with E-state index < -0.39 is 38.0 Å². The monoisotopic (exact) mass is 480 g/mol. The summed E-state index contributed by atoms with van der Waals surface area (Å²) in [6.07, 6.45) is 3.06. The Bertz CT molecular complexity index is 1220. The van der Waals surface area contributed by atoms with Crippen LogP contribution in [-0.4, -0.2) is 32.7 Å². The van der Waals surface area contributed by atoms with E-state index in [9.17, 15) is 23.7 Å². The molecule has 0 amide bonds. The summed E-state index contributed by atoms with van der Waals surface area (Å²) in [5, 5.41) is 10.2. The maximum absolute atomic E-state index is 13.6. The molecular formula is C26H24FNO5P+. The van der Waals surface area contributed by atoms with Crippen molar-refractivity contribution in [3.05, 3.63) is 72.0 Å². The molecule has 0 fully saturated rings. The quantitative estimate of drug-likeness (QED) is 0.265. The maximum Gasteiger partial charge on any atom is 0.524 e. The number of nitrogens with zero attached hydrogens (tertiary/aromatic N) is 1. The lowest BCUT2D eigenvalue weighted by Crippen LogP contribution is -2.27. The van der Waals surface area contributed by atoms with Crippen molar-refractivity contribution in [1.29, 1.82) is 0 Å². The van der Waals surface area contributed by atoms with Crippen molar-refractivity contribution in [2.45, 2.75) is 37.9 Å². The van der Waals surface area contributed by atoms with Gasteiger partial charge in [-0.1, -0.05) is 44.2 Å². The van der Waals surface area contributed by atoms with Gasteiger partial charge in [-0.2, -0.15) is 4.89 Å². The van der Waals surface area contributed by atoms with Gasteiger partial charge in [-0.25, -0.2) is 9.37 Å². The lowest BCUT2D eigenvalue weighted by atomic mass is 9.96. The second kappa shape index (κ2) is 11.1. The van der Waals surface area contributed by atoms with Gasteiger partial charge >= 0.3 is 14.0 Å². The first-order valence-electron chi connectivity index (χ1n) is 10.6. The van der Waals surface area contributed by atoms with Crippen LogP contribution in [0.5, 0.6) is 5.75 Å². The molecule has 1 aromatic heterocycles. The second-order valence-electron chi connectivity index (χ2n) is 7.96. The standard InChI is InChI=1S/C26H23FNO5P/c1-4-23(34(31)32)22(29)15-24(30)33-26-20(16(2)3)14-21(17-8-6-5-7-9-17)28-25(26)18-10-12-19(27)13-11-18/h1,5-14,16,22-23,29H,15H2,2-3H3/p+1. The summed E-state index contributed by atoms with van der Waals surface area (Å²) in [4.78, 5) is 26.7. The third-order valence-electron chi connectivity index (χ3n) is 5.18. The van der Waals surface area contributed by atoms with E-state index in [1.165, 1.54) is 24.3 Å². The van der Waals surface area contributed by atoms with Crippen LogP contribution in [0.15, 0.2) is 60.7 Å². The second-order valence-corrected chi connectivity index (χ2v) is 9.12. The number of carbonyl (C=O) groups excluding carboxylic acids is 1. The van der Waals surface area contributed by atoms with Gasteiger partial charge in [-0.3, -0.25) is 4.79 Å². The molecule has 0 spiro atoms. The van der Waals surface area contributed by atoms with Gasteiger partial charge in [-0.15, -0.1) is 6.42 Å². The van der Waals surface area contributed by atoms with Gasteiger partial charge < -0.3 is 9.84 Å². The van der Waals surface area contributed by atoms with Crippen molar-refractivity contribution in [2.24, 2.45) is 0 Å². The molecule has 3 unspecified atom stereocenters. The summed E-state index contributed by atoms with van der Waals surface area (Å²) in [5.41, 5.74) is 1.64. The number of benzene rings is 2. The number of hydrogen-bond acceptors (Lipinski definition) is 5. The van der Waals surface area contributed by atoms with E-state index in [0.717, 1.165) is 5.56 Å². The van der Waals surface area contributed by atoms with Crippen LogP contribution in [0.4, 0.5) is 4.39 Å². The molecule has 6 nitrogen and oxygen atoms in total. The van der Waals surface area contributed by atoms with E-state index in [0.29, 0.717) is 22.5 Å². The summed E-state index contributed by atoms with van der Waals surface area (Å²) < 4.78 is 30.6. The number of hydrogen-bond donors (Lipinski definition) is 2. The largest absolute Gasteiger partial charge is 0.524 e. The van der Waals surface area contributed by atoms with Crippen molar-refractivity contribution in [3.63, 3.8) is 0 Å². The van der Waals surface area contributed by atoms with E-state index in [2.05, 4.69) is 0 Å². The van der Waals surface area contributed by atoms with Crippen LogP contribution >= 0.6 is 8.03 Å². The molecule has 0 aliphatic carbocycles. The van der Waals surface area contributed by atoms with Crippen LogP contribution < -0.4 is 4.74 Å². The van der Waals surface area contributed by atoms with E-state index in [1.807, 2.05) is 56.2 Å². The van der Waals surface area contributed by atoms with Gasteiger partial charge in [0.1, 0.15) is 17.6 Å². The van der Waals surface area contributed by atoms with Crippen molar-refractivity contribution >= 4 is 14.0 Å². The number of carbonyl (C=O) groups is 1. The highest BCUT2D eigenvalue weighted by atomic mass is 31.1. The van der Waals surface area contributed by atoms with Crippen molar-refractivity contribution in [1.82, 2.24) is 4.98 Å². The van der Waals surface area contributed by atoms with Crippen LogP contribution in [-0.2, 0) is 9.36 Å². The number of pyridine rings is 1. The predicted octanol–water partition coefficient (Wildman–Crippen LogP) is 5.07. The molecule has 1 heterocycles. The molecule has 8 heteroatoms. The molecule has 3 atom stereocenters. The molecule has 174 valence electrons. The summed E-state index contributed by atoms with van der Waals surface area (Å²) in [6.45, 7) is 3.85. The summed E-state index contributed by atoms with van der Waals surface area (Å²) in [6, 6.07) is 16.9. The zero-order chi connectivity index (χ0) is 24.8. The van der Waals surface area contributed by atoms with Crippen LogP contribution in [0.25, 0.3) is 22.5 Å². The van der Waals surface area contributed by atoms with E-state index in [1.54, 1.807) is 0 Å². The fourth-order valence-electron chi connectivity index (χ4n) is 3.41. The first-order chi connectivity index (χ1) is 16.2. The van der Waals surface area contributed by atoms with Gasteiger partial charge in [0.15, 0.2) is 5.75 Å². The molecular weight excluding hydrogens is 456 g/mol. The summed E-state index contributed by atoms with van der Waals surface area (Å²) in [5.74, 6) is 0.851. The molecule has 0 saturated heterocycles. The third kappa shape index (κ3) is 5.92. The Morgan fingerprint density at radius 2 is 1.79 bits per heavy atom. The fourth-order valence-corrected chi connectivity index (χ4v) is 3.94. The van der Waals surface area contributed by atoms with Crippen LogP contribution in [0.1, 0.15) is 31.7 Å². The minimum atomic E-state index is -2.88. The zero-order valence-electron chi connectivity index (χ0n) is 18.7. The molecule has 3 aromatic rings. The fraction of sp³-hybridized carbons (Fsp3) is 0.231. The number of halogens is 1. The van der Waals surface area contributed by atoms with Gasteiger partial charge in [0, 0.05) is 16.7 Å². The van der Waals surface area contributed by atoms with Gasteiger partial charge in [-0.05, 0) is 46.7 Å². The average Bonchev–Trinajstić information content (AvgIpc) is 2.80. The van der Waals surface area contributed by atoms with Crippen LogP contribution in [0.2, 0.25) is 0 Å². The molecule has 3 rings (SSSR count). The third-order valence-corrected chi connectivity index (χ3v) is 6.15. The van der Waals surface area contributed by atoms with E-state index >= 15 is 0 Å². The normalized spacial score (nSPS) is 13.1. The Morgan fingerprint density at radius 3 is 2.35 bits per heavy atom. The Labute approximate surface area is 198 Å². The minimum absolute atomic E-state index is 0.0808. The minimum Gasteiger partial charge on any atom is -0.424 e. The predicted molar refractivity (Wildman–Crippen MR) is 128 cm³/mol. The van der Waals surface area contributed by atoms with E-state index in [-0.39, 0.29) is 11.7 Å². The zero-order valence-corrected chi connectivity index (χ0v) is 19.6. The number of rotatable bonds is 8. The van der Waals surface area contributed by atoms with Crippen molar-refractivity contribution < 1.29 is 28.5 Å². The Hall–Kier alpha value is -3.43. The highest BCUT2D eigenvalue weighted by molar-refractivity contribution is 7.39. The highest BCUT2D eigenvalue weighted by Gasteiger charge is 2.37. The average molecular weight is 480 g/mol. The van der Waals surface area contributed by atoms with Crippen LogP contribution in [0, 0.1) is 18.2 Å². The topological polar surface area (TPSA) is 96.7 Å². The number of aliphatic hydroxyl groups excluding tert-OH is 1. The molecule has 34 heavy (non-hydrogen) atoms. The van der Waals surface area contributed by atoms with E-state index in [4.69, 9.17) is 16.1 Å². The summed E-state index contributed by atoms with van der Waals surface area (Å²) in [7, 11) is -2.88. The van der Waals surface area contributed by atoms with Gasteiger partial charge in [0.25, 0.3) is 5.66 Å². The maximum atomic E-state index is 13.6. The number of ether oxygens (including phenoxy) is 1. The smallest absolute Gasteiger partial charge is 0.424 e. The Balaban J connectivity index is 2.09. The molecule has 0 aliphatic rings. The molecule has 2 N–H and O–H groups in total. The van der Waals surface area contributed by atoms with Gasteiger partial charge in [0.05, 0.1) is 12.1 Å². The van der Waals surface area contributed by atoms with Crippen molar-refractivity contribution in [3.8, 4) is 40.6 Å². The Morgan fingerprint density at radius 1 is 1.15 bits per heavy atom. The first-order valence-corrected chi connectivity index (χ1v) is 11.9. The molecule has 2 aromatic carbocycles. The molecule has 0 bridgehead atoms. The summed E-state index contributed by atoms with van der Waals surface area (Å²) >= 11 is 0. The number of aliphatic hydroxyl groups is 1. The SMILES string of the molecule is C#CC(C(O)CC(=O)Oc1c(C(C)C)cc(-c2ccccc2)nc1-c1ccc(F)cc1)[P+](=O)O. The molecule has 0 aliphatic heterocycles. The number of terminal acetylenes is 1. The number of aromatic nitrogens is 1. The molecule has 0 saturated carbocycles. The van der Waals surface area contributed by atoms with Crippen LogP contribution in [0.3, 0.4) is 0 Å². The lowest BCUT2D eigenvalue weighted by molar-refractivity contribution is -0.136. The number of esters is 1. The molecule has 0 radical (unpaired) electrons. The van der Waals surface area contributed by atoms with Crippen molar-refractivity contribution in [2.75, 3.05) is 0 Å². The van der Waals surface area contributed by atoms with Gasteiger partial charge in [0.2, 0.25) is 0 Å². The lowest BCUT2D eigenvalue weighted by Gasteiger charge is -2.19.